The largest absolute Gasteiger partial charge is 0.310 e. The molecule has 1 fully saturated rings. The maximum Gasteiger partial charge on any atom is 0.0702 e. The van der Waals surface area contributed by atoms with Gasteiger partial charge in [-0.3, -0.25) is 4.98 Å². The van der Waals surface area contributed by atoms with E-state index in [4.69, 9.17) is 0 Å². The number of fused-ring (bicyclic) bond motifs is 1. The molecule has 1 aromatic carbocycles. The van der Waals surface area contributed by atoms with Gasteiger partial charge in [-0.2, -0.15) is 0 Å². The fourth-order valence-electron chi connectivity index (χ4n) is 3.14. The van der Waals surface area contributed by atoms with Crippen LogP contribution < -0.4 is 5.32 Å². The maximum absolute atomic E-state index is 4.36. The predicted molar refractivity (Wildman–Crippen MR) is 80.0 cm³/mol. The average Bonchev–Trinajstić information content (AvgIpc) is 2.99. The van der Waals surface area contributed by atoms with Gasteiger partial charge in [-0.15, -0.1) is 0 Å². The zero-order valence-corrected chi connectivity index (χ0v) is 11.6. The van der Waals surface area contributed by atoms with Crippen LogP contribution >= 0.6 is 0 Å². The van der Waals surface area contributed by atoms with Gasteiger partial charge >= 0.3 is 0 Å². The summed E-state index contributed by atoms with van der Waals surface area (Å²) in [6.07, 6.45) is 7.48. The Morgan fingerprint density at radius 1 is 1.26 bits per heavy atom. The molecule has 100 valence electrons. The van der Waals surface area contributed by atoms with Gasteiger partial charge in [0, 0.05) is 24.2 Å². The highest BCUT2D eigenvalue weighted by Gasteiger charge is 2.20. The Kier molecular flexibility index (Phi) is 3.79. The standard InChI is InChI=1S/C17H22N2/c1-13(15-5-2-3-6-15)19-12-14-8-9-17-16(11-14)7-4-10-18-17/h4,7-11,13,15,19H,2-3,5-6,12H2,1H3/t13-/m0/s1. The number of hydrogen-bond donors (Lipinski definition) is 1. The molecule has 1 saturated carbocycles. The second-order valence-electron chi connectivity index (χ2n) is 5.74. The van der Waals surface area contributed by atoms with E-state index in [1.165, 1.54) is 36.6 Å². The molecule has 0 spiro atoms. The van der Waals surface area contributed by atoms with Gasteiger partial charge in [0.25, 0.3) is 0 Å². The summed E-state index contributed by atoms with van der Waals surface area (Å²) in [7, 11) is 0. The minimum Gasteiger partial charge on any atom is -0.310 e. The molecular formula is C17H22N2. The monoisotopic (exact) mass is 254 g/mol. The Hall–Kier alpha value is -1.41. The van der Waals surface area contributed by atoms with Crippen molar-refractivity contribution in [3.05, 3.63) is 42.1 Å². The predicted octanol–water partition coefficient (Wildman–Crippen LogP) is 3.90. The minimum absolute atomic E-state index is 0.632. The molecule has 1 aromatic heterocycles. The highest BCUT2D eigenvalue weighted by Crippen LogP contribution is 2.27. The quantitative estimate of drug-likeness (QED) is 0.895. The molecule has 0 bridgehead atoms. The van der Waals surface area contributed by atoms with E-state index in [0.29, 0.717) is 6.04 Å². The van der Waals surface area contributed by atoms with Crippen LogP contribution in [0.5, 0.6) is 0 Å². The Labute approximate surface area is 115 Å². The van der Waals surface area contributed by atoms with Crippen LogP contribution in [-0.2, 0) is 6.54 Å². The molecule has 1 heterocycles. The first-order chi connectivity index (χ1) is 9.33. The SMILES string of the molecule is C[C@H](NCc1ccc2ncccc2c1)C1CCCC1. The van der Waals surface area contributed by atoms with Crippen LogP contribution in [0.15, 0.2) is 36.5 Å². The van der Waals surface area contributed by atoms with Gasteiger partial charge in [0.15, 0.2) is 0 Å². The first-order valence-electron chi connectivity index (χ1n) is 7.40. The van der Waals surface area contributed by atoms with Crippen molar-refractivity contribution in [1.29, 1.82) is 0 Å². The summed E-state index contributed by atoms with van der Waals surface area (Å²) in [5.41, 5.74) is 2.43. The molecular weight excluding hydrogens is 232 g/mol. The number of benzene rings is 1. The molecule has 3 rings (SSSR count). The summed E-state index contributed by atoms with van der Waals surface area (Å²) in [5, 5.41) is 4.92. The number of pyridine rings is 1. The highest BCUT2D eigenvalue weighted by molar-refractivity contribution is 5.78. The minimum atomic E-state index is 0.632. The van der Waals surface area contributed by atoms with Crippen molar-refractivity contribution < 1.29 is 0 Å². The molecule has 0 amide bonds. The van der Waals surface area contributed by atoms with Crippen molar-refractivity contribution in [2.24, 2.45) is 5.92 Å². The van der Waals surface area contributed by atoms with E-state index in [0.717, 1.165) is 18.0 Å². The molecule has 19 heavy (non-hydrogen) atoms. The van der Waals surface area contributed by atoms with E-state index in [-0.39, 0.29) is 0 Å². The molecule has 1 aliphatic rings. The van der Waals surface area contributed by atoms with Gasteiger partial charge in [0.05, 0.1) is 5.52 Å². The average molecular weight is 254 g/mol. The van der Waals surface area contributed by atoms with Crippen molar-refractivity contribution in [1.82, 2.24) is 10.3 Å². The molecule has 0 unspecified atom stereocenters. The number of hydrogen-bond acceptors (Lipinski definition) is 2. The molecule has 1 atom stereocenters. The first kappa shape index (κ1) is 12.6. The Bertz CT molecular complexity index is 544. The third-order valence-electron chi connectivity index (χ3n) is 4.40. The van der Waals surface area contributed by atoms with Gasteiger partial charge in [-0.25, -0.2) is 0 Å². The van der Waals surface area contributed by atoms with Crippen LogP contribution in [0.1, 0.15) is 38.2 Å². The number of nitrogens with zero attached hydrogens (tertiary/aromatic N) is 1. The van der Waals surface area contributed by atoms with Crippen LogP contribution in [0.3, 0.4) is 0 Å². The molecule has 0 radical (unpaired) electrons. The summed E-state index contributed by atoms with van der Waals surface area (Å²) in [6, 6.07) is 11.3. The Balaban J connectivity index is 1.64. The topological polar surface area (TPSA) is 24.9 Å². The molecule has 2 nitrogen and oxygen atoms in total. The Morgan fingerprint density at radius 3 is 2.95 bits per heavy atom. The normalized spacial score (nSPS) is 17.9. The fourth-order valence-corrected chi connectivity index (χ4v) is 3.14. The summed E-state index contributed by atoms with van der Waals surface area (Å²) in [5.74, 6) is 0.877. The van der Waals surface area contributed by atoms with Gasteiger partial charge in [0.1, 0.15) is 0 Å². The first-order valence-corrected chi connectivity index (χ1v) is 7.40. The van der Waals surface area contributed by atoms with Crippen molar-refractivity contribution in [2.75, 3.05) is 0 Å². The maximum atomic E-state index is 4.36. The molecule has 1 N–H and O–H groups in total. The molecule has 1 aliphatic carbocycles. The molecule has 2 heteroatoms. The smallest absolute Gasteiger partial charge is 0.0702 e. The van der Waals surface area contributed by atoms with E-state index in [1.807, 2.05) is 12.3 Å². The van der Waals surface area contributed by atoms with Crippen LogP contribution in [0, 0.1) is 5.92 Å². The lowest BCUT2D eigenvalue weighted by atomic mass is 9.99. The fraction of sp³-hybridized carbons (Fsp3) is 0.471. The zero-order valence-electron chi connectivity index (χ0n) is 11.6. The van der Waals surface area contributed by atoms with Gasteiger partial charge < -0.3 is 5.32 Å². The van der Waals surface area contributed by atoms with Gasteiger partial charge in [-0.1, -0.05) is 25.0 Å². The highest BCUT2D eigenvalue weighted by atomic mass is 14.9. The zero-order chi connectivity index (χ0) is 13.1. The number of nitrogens with one attached hydrogen (secondary N) is 1. The van der Waals surface area contributed by atoms with Crippen LogP contribution in [0.2, 0.25) is 0 Å². The number of rotatable bonds is 4. The summed E-state index contributed by atoms with van der Waals surface area (Å²) < 4.78 is 0. The van der Waals surface area contributed by atoms with Crippen LogP contribution in [0.25, 0.3) is 10.9 Å². The van der Waals surface area contributed by atoms with Crippen molar-refractivity contribution in [2.45, 2.75) is 45.2 Å². The van der Waals surface area contributed by atoms with E-state index >= 15 is 0 Å². The number of aromatic nitrogens is 1. The van der Waals surface area contributed by atoms with E-state index in [9.17, 15) is 0 Å². The second kappa shape index (κ2) is 5.70. The summed E-state index contributed by atoms with van der Waals surface area (Å²) >= 11 is 0. The van der Waals surface area contributed by atoms with Gasteiger partial charge in [0.2, 0.25) is 0 Å². The van der Waals surface area contributed by atoms with E-state index in [2.05, 4.69) is 41.5 Å². The van der Waals surface area contributed by atoms with Gasteiger partial charge in [-0.05, 0) is 49.4 Å². The third-order valence-corrected chi connectivity index (χ3v) is 4.40. The molecule has 0 aliphatic heterocycles. The summed E-state index contributed by atoms with van der Waals surface area (Å²) in [4.78, 5) is 4.36. The summed E-state index contributed by atoms with van der Waals surface area (Å²) in [6.45, 7) is 3.29. The molecule has 2 aromatic rings. The lowest BCUT2D eigenvalue weighted by Gasteiger charge is -2.20. The third kappa shape index (κ3) is 2.95. The molecule has 0 saturated heterocycles. The van der Waals surface area contributed by atoms with E-state index in [1.54, 1.807) is 0 Å². The van der Waals surface area contributed by atoms with Crippen molar-refractivity contribution in [3.8, 4) is 0 Å². The van der Waals surface area contributed by atoms with Crippen molar-refractivity contribution in [3.63, 3.8) is 0 Å². The Morgan fingerprint density at radius 2 is 2.11 bits per heavy atom. The van der Waals surface area contributed by atoms with E-state index < -0.39 is 0 Å². The lowest BCUT2D eigenvalue weighted by molar-refractivity contribution is 0.380. The second-order valence-corrected chi connectivity index (χ2v) is 5.74. The lowest BCUT2D eigenvalue weighted by Crippen LogP contribution is -2.31. The van der Waals surface area contributed by atoms with Crippen LogP contribution in [-0.4, -0.2) is 11.0 Å². The van der Waals surface area contributed by atoms with Crippen LogP contribution in [0.4, 0.5) is 0 Å². The van der Waals surface area contributed by atoms with Crippen molar-refractivity contribution >= 4 is 10.9 Å².